The van der Waals surface area contributed by atoms with E-state index in [2.05, 4.69) is 254 Å². The first-order valence-electron chi connectivity index (χ1n) is 21.9. The summed E-state index contributed by atoms with van der Waals surface area (Å²) in [6.07, 6.45) is 0. The van der Waals surface area contributed by atoms with Crippen molar-refractivity contribution in [2.24, 2.45) is 0 Å². The SMILES string of the molecule is c1ccc(-c2ccc(N(c3ccc(-c4ccc(-c5cccc(-c6ccc7oc8ccc(-c9cccc%10ccccc9%10)cc8c7c6)c5)cc4)cc3)c3ccc4ccccc4c3)cc2)cc1. The second-order valence-corrected chi connectivity index (χ2v) is 16.5. The predicted molar refractivity (Wildman–Crippen MR) is 271 cm³/mol. The molecule has 300 valence electrons. The smallest absolute Gasteiger partial charge is 0.135 e. The number of hydrogen-bond donors (Lipinski definition) is 0. The molecule has 0 amide bonds. The zero-order valence-corrected chi connectivity index (χ0v) is 35.0. The Kier molecular flexibility index (Phi) is 9.20. The molecule has 2 nitrogen and oxygen atoms in total. The normalized spacial score (nSPS) is 11.4. The number of furan rings is 1. The Labute approximate surface area is 372 Å². The van der Waals surface area contributed by atoms with Gasteiger partial charge in [-0.25, -0.2) is 0 Å². The van der Waals surface area contributed by atoms with Gasteiger partial charge < -0.3 is 9.32 Å². The van der Waals surface area contributed by atoms with Crippen LogP contribution in [0.1, 0.15) is 0 Å². The van der Waals surface area contributed by atoms with E-state index in [0.29, 0.717) is 0 Å². The molecule has 0 saturated heterocycles. The van der Waals surface area contributed by atoms with Crippen molar-refractivity contribution >= 4 is 60.5 Å². The molecule has 0 aliphatic rings. The average Bonchev–Trinajstić information content (AvgIpc) is 3.74. The highest BCUT2D eigenvalue weighted by atomic mass is 16.3. The summed E-state index contributed by atoms with van der Waals surface area (Å²) in [4.78, 5) is 2.34. The summed E-state index contributed by atoms with van der Waals surface area (Å²) in [5, 5.41) is 7.18. The van der Waals surface area contributed by atoms with Gasteiger partial charge in [0, 0.05) is 27.8 Å². The molecule has 2 heteroatoms. The molecule has 0 aliphatic heterocycles. The average molecular weight is 816 g/mol. The molecule has 11 aromatic carbocycles. The Bertz CT molecular complexity index is 3630. The van der Waals surface area contributed by atoms with Crippen molar-refractivity contribution in [3.8, 4) is 55.6 Å². The molecule has 0 N–H and O–H groups in total. The molecule has 0 aliphatic carbocycles. The number of nitrogens with zero attached hydrogens (tertiary/aromatic N) is 1. The third kappa shape index (κ3) is 6.88. The van der Waals surface area contributed by atoms with E-state index in [0.717, 1.165) is 44.6 Å². The van der Waals surface area contributed by atoms with Crippen molar-refractivity contribution in [1.82, 2.24) is 0 Å². The lowest BCUT2D eigenvalue weighted by Gasteiger charge is -2.26. The molecule has 0 unspecified atom stereocenters. The van der Waals surface area contributed by atoms with Crippen LogP contribution in [0.3, 0.4) is 0 Å². The van der Waals surface area contributed by atoms with Gasteiger partial charge in [-0.3, -0.25) is 0 Å². The highest BCUT2D eigenvalue weighted by molar-refractivity contribution is 6.09. The van der Waals surface area contributed by atoms with E-state index in [9.17, 15) is 0 Å². The summed E-state index contributed by atoms with van der Waals surface area (Å²) in [7, 11) is 0. The highest BCUT2D eigenvalue weighted by Crippen LogP contribution is 2.40. The Hall–Kier alpha value is -8.46. The van der Waals surface area contributed by atoms with Gasteiger partial charge in [-0.1, -0.05) is 182 Å². The number of benzene rings is 11. The maximum Gasteiger partial charge on any atom is 0.135 e. The van der Waals surface area contributed by atoms with E-state index in [1.807, 2.05) is 0 Å². The van der Waals surface area contributed by atoms with Crippen LogP contribution in [-0.2, 0) is 0 Å². The fraction of sp³-hybridized carbons (Fsp3) is 0. The summed E-state index contributed by atoms with van der Waals surface area (Å²) in [6, 6.07) is 89.6. The van der Waals surface area contributed by atoms with Crippen LogP contribution in [0, 0.1) is 0 Å². The molecule has 1 heterocycles. The summed E-state index contributed by atoms with van der Waals surface area (Å²) in [5.74, 6) is 0. The van der Waals surface area contributed by atoms with E-state index in [1.54, 1.807) is 0 Å². The van der Waals surface area contributed by atoms with Crippen molar-refractivity contribution in [2.75, 3.05) is 4.90 Å². The van der Waals surface area contributed by atoms with Gasteiger partial charge in [-0.05, 0) is 144 Å². The molecule has 0 spiro atoms. The lowest BCUT2D eigenvalue weighted by molar-refractivity contribution is 0.669. The number of hydrogen-bond acceptors (Lipinski definition) is 2. The first kappa shape index (κ1) is 37.3. The maximum atomic E-state index is 6.35. The Morgan fingerprint density at radius 1 is 0.234 bits per heavy atom. The van der Waals surface area contributed by atoms with Gasteiger partial charge in [-0.15, -0.1) is 0 Å². The molecule has 1 aromatic heterocycles. The van der Waals surface area contributed by atoms with Crippen molar-refractivity contribution in [2.45, 2.75) is 0 Å². The molecule has 64 heavy (non-hydrogen) atoms. The van der Waals surface area contributed by atoms with Gasteiger partial charge in [-0.2, -0.15) is 0 Å². The summed E-state index contributed by atoms with van der Waals surface area (Å²) in [5.41, 5.74) is 17.0. The number of fused-ring (bicyclic) bond motifs is 5. The molecule has 0 fully saturated rings. The zero-order chi connectivity index (χ0) is 42.4. The minimum Gasteiger partial charge on any atom is -0.456 e. The quantitative estimate of drug-likeness (QED) is 0.152. The number of rotatable bonds is 8. The molecular formula is C62H41NO. The minimum atomic E-state index is 0.896. The molecule has 0 bridgehead atoms. The van der Waals surface area contributed by atoms with Crippen molar-refractivity contribution in [1.29, 1.82) is 0 Å². The van der Waals surface area contributed by atoms with Gasteiger partial charge in [0.05, 0.1) is 0 Å². The van der Waals surface area contributed by atoms with E-state index in [1.165, 1.54) is 71.6 Å². The lowest BCUT2D eigenvalue weighted by Crippen LogP contribution is -2.09. The molecule has 0 radical (unpaired) electrons. The van der Waals surface area contributed by atoms with E-state index >= 15 is 0 Å². The van der Waals surface area contributed by atoms with Crippen molar-refractivity contribution in [3.63, 3.8) is 0 Å². The molecule has 12 rings (SSSR count). The lowest BCUT2D eigenvalue weighted by atomic mass is 9.95. The molecular weight excluding hydrogens is 775 g/mol. The Morgan fingerprint density at radius 2 is 0.672 bits per heavy atom. The van der Waals surface area contributed by atoms with E-state index in [4.69, 9.17) is 4.42 Å². The van der Waals surface area contributed by atoms with Crippen LogP contribution >= 0.6 is 0 Å². The first-order chi connectivity index (χ1) is 31.7. The number of anilines is 3. The third-order valence-electron chi connectivity index (χ3n) is 12.7. The first-order valence-corrected chi connectivity index (χ1v) is 21.9. The van der Waals surface area contributed by atoms with Crippen LogP contribution in [-0.4, -0.2) is 0 Å². The van der Waals surface area contributed by atoms with E-state index in [-0.39, 0.29) is 0 Å². The fourth-order valence-electron chi connectivity index (χ4n) is 9.33. The van der Waals surface area contributed by atoms with Gasteiger partial charge in [0.1, 0.15) is 11.2 Å². The zero-order valence-electron chi connectivity index (χ0n) is 35.0. The fourth-order valence-corrected chi connectivity index (χ4v) is 9.33. The highest BCUT2D eigenvalue weighted by Gasteiger charge is 2.16. The summed E-state index contributed by atoms with van der Waals surface area (Å²) < 4.78 is 6.35. The standard InChI is InChI=1S/C62H41NO/c1-2-10-42(11-3-1)45-24-31-54(32-25-45)63(56-35-28-43-12-4-5-14-51(43)39-56)55-33-26-46(27-34-55)44-20-22-47(23-21-44)49-16-8-17-50(38-49)52-29-36-61-59(40-52)60-41-53(30-37-62(60)64-61)58-19-9-15-48-13-6-7-18-57(48)58/h1-41H. The second-order valence-electron chi connectivity index (χ2n) is 16.5. The molecule has 12 aromatic rings. The minimum absolute atomic E-state index is 0.896. The summed E-state index contributed by atoms with van der Waals surface area (Å²) >= 11 is 0. The van der Waals surface area contributed by atoms with Gasteiger partial charge in [0.15, 0.2) is 0 Å². The monoisotopic (exact) mass is 815 g/mol. The van der Waals surface area contributed by atoms with E-state index < -0.39 is 0 Å². The van der Waals surface area contributed by atoms with Gasteiger partial charge in [0.2, 0.25) is 0 Å². The van der Waals surface area contributed by atoms with Crippen LogP contribution in [0.2, 0.25) is 0 Å². The van der Waals surface area contributed by atoms with Crippen LogP contribution in [0.5, 0.6) is 0 Å². The predicted octanol–water partition coefficient (Wildman–Crippen LogP) is 17.7. The topological polar surface area (TPSA) is 16.4 Å². The molecule has 0 saturated carbocycles. The van der Waals surface area contributed by atoms with Crippen LogP contribution < -0.4 is 4.90 Å². The molecule has 0 atom stereocenters. The van der Waals surface area contributed by atoms with Crippen molar-refractivity contribution in [3.05, 3.63) is 249 Å². The maximum absolute atomic E-state index is 6.35. The van der Waals surface area contributed by atoms with Gasteiger partial charge in [0.25, 0.3) is 0 Å². The van der Waals surface area contributed by atoms with Crippen LogP contribution in [0.4, 0.5) is 17.1 Å². The second kappa shape index (κ2) is 15.8. The van der Waals surface area contributed by atoms with Gasteiger partial charge >= 0.3 is 0 Å². The largest absolute Gasteiger partial charge is 0.456 e. The van der Waals surface area contributed by atoms with Crippen molar-refractivity contribution < 1.29 is 4.42 Å². The Morgan fingerprint density at radius 3 is 1.36 bits per heavy atom. The van der Waals surface area contributed by atoms with Crippen LogP contribution in [0.15, 0.2) is 253 Å². The Balaban J connectivity index is 0.827. The summed E-state index contributed by atoms with van der Waals surface area (Å²) in [6.45, 7) is 0. The van der Waals surface area contributed by atoms with Crippen LogP contribution in [0.25, 0.3) is 99.1 Å². The third-order valence-corrected chi connectivity index (χ3v) is 12.7.